The molecule has 11 heteroatoms. The fourth-order valence-corrected chi connectivity index (χ4v) is 4.41. The summed E-state index contributed by atoms with van der Waals surface area (Å²) in [5.74, 6) is -0.234. The number of hydrogen-bond donors (Lipinski definition) is 0. The first-order valence-electron chi connectivity index (χ1n) is 7.84. The first-order chi connectivity index (χ1) is 11.8. The third-order valence-corrected chi connectivity index (χ3v) is 6.27. The molecular formula is C14H19ClN6O3S. The van der Waals surface area contributed by atoms with Crippen molar-refractivity contribution in [3.8, 4) is 0 Å². The van der Waals surface area contributed by atoms with E-state index in [4.69, 9.17) is 11.6 Å². The smallest absolute Gasteiger partial charge is 0.273 e. The molecular weight excluding hydrogens is 368 g/mol. The fraction of sp³-hybridized carbons (Fsp3) is 0.500. The first-order valence-corrected chi connectivity index (χ1v) is 9.65. The van der Waals surface area contributed by atoms with Crippen molar-refractivity contribution < 1.29 is 13.2 Å². The molecule has 1 aliphatic rings. The Hall–Kier alpha value is -1.91. The highest BCUT2D eigenvalue weighted by Gasteiger charge is 2.32. The lowest BCUT2D eigenvalue weighted by atomic mass is 10.3. The molecule has 25 heavy (non-hydrogen) atoms. The van der Waals surface area contributed by atoms with Gasteiger partial charge in [-0.15, -0.1) is 0 Å². The van der Waals surface area contributed by atoms with Gasteiger partial charge in [-0.3, -0.25) is 14.2 Å². The summed E-state index contributed by atoms with van der Waals surface area (Å²) in [6.07, 6.45) is 4.24. The zero-order chi connectivity index (χ0) is 18.2. The van der Waals surface area contributed by atoms with Crippen LogP contribution in [-0.4, -0.2) is 69.3 Å². The molecule has 0 atom stereocenters. The van der Waals surface area contributed by atoms with Gasteiger partial charge in [0.25, 0.3) is 5.91 Å². The number of aromatic nitrogens is 4. The molecule has 0 unspecified atom stereocenters. The van der Waals surface area contributed by atoms with Crippen molar-refractivity contribution >= 4 is 27.5 Å². The van der Waals surface area contributed by atoms with Crippen LogP contribution < -0.4 is 0 Å². The summed E-state index contributed by atoms with van der Waals surface area (Å²) >= 11 is 6.08. The molecule has 2 aromatic rings. The number of amides is 1. The van der Waals surface area contributed by atoms with Crippen molar-refractivity contribution in [3.05, 3.63) is 29.3 Å². The van der Waals surface area contributed by atoms with Crippen molar-refractivity contribution in [2.24, 2.45) is 7.05 Å². The molecule has 136 valence electrons. The number of sulfonamides is 1. The van der Waals surface area contributed by atoms with Gasteiger partial charge in [0.2, 0.25) is 10.0 Å². The Labute approximate surface area is 150 Å². The molecule has 1 aliphatic heterocycles. The van der Waals surface area contributed by atoms with Crippen LogP contribution in [0.5, 0.6) is 0 Å². The Morgan fingerprint density at radius 2 is 1.88 bits per heavy atom. The lowest BCUT2D eigenvalue weighted by Gasteiger charge is -2.33. The Morgan fingerprint density at radius 3 is 2.44 bits per heavy atom. The number of carbonyl (C=O) groups excluding carboxylic acids is 1. The summed E-state index contributed by atoms with van der Waals surface area (Å²) in [5.41, 5.74) is 0.340. The van der Waals surface area contributed by atoms with Crippen LogP contribution in [0.3, 0.4) is 0 Å². The van der Waals surface area contributed by atoms with Gasteiger partial charge in [-0.25, -0.2) is 8.42 Å². The minimum absolute atomic E-state index is 0.155. The van der Waals surface area contributed by atoms with Crippen LogP contribution >= 0.6 is 11.6 Å². The lowest BCUT2D eigenvalue weighted by Crippen LogP contribution is -2.50. The van der Waals surface area contributed by atoms with Crippen LogP contribution in [0.15, 0.2) is 23.5 Å². The van der Waals surface area contributed by atoms with Crippen molar-refractivity contribution in [1.29, 1.82) is 0 Å². The van der Waals surface area contributed by atoms with E-state index >= 15 is 0 Å². The number of halogens is 1. The molecule has 0 aromatic carbocycles. The quantitative estimate of drug-likeness (QED) is 0.759. The molecule has 3 heterocycles. The van der Waals surface area contributed by atoms with Crippen molar-refractivity contribution in [2.75, 3.05) is 26.2 Å². The van der Waals surface area contributed by atoms with E-state index in [1.54, 1.807) is 16.6 Å². The lowest BCUT2D eigenvalue weighted by molar-refractivity contribution is 0.0685. The zero-order valence-electron chi connectivity index (χ0n) is 14.0. The van der Waals surface area contributed by atoms with E-state index in [0.717, 1.165) is 0 Å². The maximum atomic E-state index is 12.7. The summed E-state index contributed by atoms with van der Waals surface area (Å²) in [7, 11) is -1.93. The maximum absolute atomic E-state index is 12.7. The van der Waals surface area contributed by atoms with Gasteiger partial charge in [0.1, 0.15) is 10.6 Å². The van der Waals surface area contributed by atoms with Gasteiger partial charge in [0.05, 0.1) is 17.4 Å². The van der Waals surface area contributed by atoms with E-state index < -0.39 is 10.0 Å². The van der Waals surface area contributed by atoms with E-state index in [1.165, 1.54) is 27.6 Å². The van der Waals surface area contributed by atoms with Gasteiger partial charge in [0.15, 0.2) is 0 Å². The van der Waals surface area contributed by atoms with Crippen molar-refractivity contribution in [3.63, 3.8) is 0 Å². The minimum atomic E-state index is -3.60. The van der Waals surface area contributed by atoms with Gasteiger partial charge in [-0.05, 0) is 6.92 Å². The number of piperazine rings is 1. The summed E-state index contributed by atoms with van der Waals surface area (Å²) in [6, 6.07) is 0. The third-order valence-electron chi connectivity index (χ3n) is 4.14. The van der Waals surface area contributed by atoms with Crippen LogP contribution in [0.25, 0.3) is 0 Å². The van der Waals surface area contributed by atoms with E-state index in [9.17, 15) is 13.2 Å². The average Bonchev–Trinajstić information content (AvgIpc) is 3.20. The number of carbonyl (C=O) groups is 1. The third kappa shape index (κ3) is 3.29. The predicted molar refractivity (Wildman–Crippen MR) is 90.8 cm³/mol. The average molecular weight is 387 g/mol. The van der Waals surface area contributed by atoms with Crippen molar-refractivity contribution in [2.45, 2.75) is 18.4 Å². The highest BCUT2D eigenvalue weighted by Crippen LogP contribution is 2.21. The maximum Gasteiger partial charge on any atom is 0.273 e. The molecule has 1 saturated heterocycles. The number of hydrogen-bond acceptors (Lipinski definition) is 5. The van der Waals surface area contributed by atoms with E-state index in [0.29, 0.717) is 30.4 Å². The monoisotopic (exact) mass is 386 g/mol. The first kappa shape index (κ1) is 17.9. The highest BCUT2D eigenvalue weighted by molar-refractivity contribution is 7.89. The molecule has 1 amide bonds. The van der Waals surface area contributed by atoms with E-state index in [1.807, 2.05) is 6.92 Å². The fourth-order valence-electron chi connectivity index (χ4n) is 2.78. The van der Waals surface area contributed by atoms with Crippen LogP contribution in [0.1, 0.15) is 17.4 Å². The van der Waals surface area contributed by atoms with Crippen LogP contribution in [0, 0.1) is 0 Å². The predicted octanol–water partition coefficient (Wildman–Crippen LogP) is 0.437. The topological polar surface area (TPSA) is 93.3 Å². The molecule has 0 bridgehead atoms. The molecule has 0 radical (unpaired) electrons. The summed E-state index contributed by atoms with van der Waals surface area (Å²) < 4.78 is 29.5. The van der Waals surface area contributed by atoms with Gasteiger partial charge in [-0.2, -0.15) is 14.5 Å². The van der Waals surface area contributed by atoms with Gasteiger partial charge in [-0.1, -0.05) is 11.6 Å². The molecule has 0 aliphatic carbocycles. The van der Waals surface area contributed by atoms with Gasteiger partial charge >= 0.3 is 0 Å². The van der Waals surface area contributed by atoms with Gasteiger partial charge < -0.3 is 4.90 Å². The second kappa shape index (κ2) is 6.77. The number of aryl methyl sites for hydroxylation is 2. The normalized spacial score (nSPS) is 16.4. The Kier molecular flexibility index (Phi) is 4.85. The molecule has 0 spiro atoms. The largest absolute Gasteiger partial charge is 0.335 e. The minimum Gasteiger partial charge on any atom is -0.335 e. The summed E-state index contributed by atoms with van der Waals surface area (Å²) in [6.45, 7) is 3.44. The van der Waals surface area contributed by atoms with Crippen LogP contribution in [0.4, 0.5) is 0 Å². The number of rotatable bonds is 4. The summed E-state index contributed by atoms with van der Waals surface area (Å²) in [5, 5.41) is 8.28. The zero-order valence-corrected chi connectivity index (χ0v) is 15.5. The Morgan fingerprint density at radius 1 is 1.20 bits per heavy atom. The summed E-state index contributed by atoms with van der Waals surface area (Å²) in [4.78, 5) is 14.4. The second-order valence-electron chi connectivity index (χ2n) is 5.70. The molecule has 1 fully saturated rings. The molecule has 9 nitrogen and oxygen atoms in total. The van der Waals surface area contributed by atoms with Crippen molar-refractivity contribution in [1.82, 2.24) is 28.8 Å². The van der Waals surface area contributed by atoms with E-state index in [2.05, 4.69) is 10.2 Å². The van der Waals surface area contributed by atoms with E-state index in [-0.39, 0.29) is 23.9 Å². The Bertz CT molecular complexity index is 882. The second-order valence-corrected chi connectivity index (χ2v) is 8.05. The molecule has 0 saturated carbocycles. The highest BCUT2D eigenvalue weighted by atomic mass is 35.5. The molecule has 2 aromatic heterocycles. The number of nitrogens with zero attached hydrogens (tertiary/aromatic N) is 6. The van der Waals surface area contributed by atoms with Crippen LogP contribution in [-0.2, 0) is 23.6 Å². The molecule has 0 N–H and O–H groups in total. The van der Waals surface area contributed by atoms with Crippen LogP contribution in [0.2, 0.25) is 5.02 Å². The molecule has 3 rings (SSSR count). The Balaban J connectivity index is 1.71. The SMILES string of the molecule is CCn1ncc(Cl)c1C(=O)N1CCN(S(=O)(=O)c2cnn(C)c2)CC1. The standard InChI is InChI=1S/C14H19ClN6O3S/c1-3-21-13(12(15)9-17-21)14(22)19-4-6-20(7-5-19)25(23,24)11-8-16-18(2)10-11/h8-10H,3-7H2,1-2H3. The van der Waals surface area contributed by atoms with Gasteiger partial charge in [0, 0.05) is 46.0 Å².